The molecule has 118 valence electrons. The van der Waals surface area contributed by atoms with Crippen molar-refractivity contribution in [3.63, 3.8) is 0 Å². The summed E-state index contributed by atoms with van der Waals surface area (Å²) in [6.07, 6.45) is 1.50. The largest absolute Gasteiger partial charge is 0.497 e. The van der Waals surface area contributed by atoms with E-state index in [1.165, 1.54) is 5.56 Å². The fraction of sp³-hybridized carbons (Fsp3) is 0.562. The van der Waals surface area contributed by atoms with E-state index in [9.17, 15) is 4.79 Å². The van der Waals surface area contributed by atoms with E-state index in [1.54, 1.807) is 7.11 Å². The van der Waals surface area contributed by atoms with Crippen LogP contribution in [0, 0.1) is 0 Å². The number of nitrogens with one attached hydrogen (secondary N) is 2. The van der Waals surface area contributed by atoms with Crippen LogP contribution in [-0.2, 0) is 11.3 Å². The zero-order valence-electron chi connectivity index (χ0n) is 13.3. The molecule has 1 rings (SSSR count). The minimum absolute atomic E-state index is 0.107. The molecule has 0 heterocycles. The first-order chi connectivity index (χ1) is 10.1. The molecule has 5 nitrogen and oxygen atoms in total. The van der Waals surface area contributed by atoms with Crippen LogP contribution in [0.25, 0.3) is 0 Å². The number of methoxy groups -OCH3 is 1. The molecule has 1 aromatic carbocycles. The van der Waals surface area contributed by atoms with Crippen molar-refractivity contribution in [1.82, 2.24) is 15.5 Å². The summed E-state index contributed by atoms with van der Waals surface area (Å²) in [6, 6.07) is 7.92. The van der Waals surface area contributed by atoms with E-state index in [1.807, 2.05) is 38.4 Å². The molecule has 0 aromatic heterocycles. The Morgan fingerprint density at radius 1 is 1.19 bits per heavy atom. The normalized spacial score (nSPS) is 10.7. The molecule has 0 bridgehead atoms. The van der Waals surface area contributed by atoms with Gasteiger partial charge in [0.2, 0.25) is 5.91 Å². The molecule has 2 N–H and O–H groups in total. The maximum Gasteiger partial charge on any atom is 0.221 e. The smallest absolute Gasteiger partial charge is 0.221 e. The number of nitrogens with zero attached hydrogens (tertiary/aromatic N) is 1. The van der Waals surface area contributed by atoms with Gasteiger partial charge in [0.1, 0.15) is 5.75 Å². The molecule has 1 aromatic rings. The highest BCUT2D eigenvalue weighted by Gasteiger charge is 2.00. The first-order valence-corrected chi connectivity index (χ1v) is 7.37. The molecule has 0 radical (unpaired) electrons. The van der Waals surface area contributed by atoms with Crippen molar-refractivity contribution in [3.05, 3.63) is 29.8 Å². The van der Waals surface area contributed by atoms with E-state index in [4.69, 9.17) is 4.74 Å². The van der Waals surface area contributed by atoms with Gasteiger partial charge in [-0.25, -0.2) is 0 Å². The second-order valence-corrected chi connectivity index (χ2v) is 5.28. The maximum atomic E-state index is 11.6. The number of benzene rings is 1. The van der Waals surface area contributed by atoms with Crippen molar-refractivity contribution in [2.24, 2.45) is 0 Å². The van der Waals surface area contributed by atoms with Crippen molar-refractivity contribution in [1.29, 1.82) is 0 Å². The van der Waals surface area contributed by atoms with E-state index >= 15 is 0 Å². The van der Waals surface area contributed by atoms with E-state index in [0.717, 1.165) is 31.8 Å². The molecule has 0 saturated carbocycles. The average Bonchev–Trinajstić information content (AvgIpc) is 2.48. The molecule has 0 unspecified atom stereocenters. The molecule has 0 spiro atoms. The molecule has 1 amide bonds. The number of carbonyl (C=O) groups excluding carboxylic acids is 1. The Kier molecular flexibility index (Phi) is 8.47. The summed E-state index contributed by atoms with van der Waals surface area (Å²) in [6.45, 7) is 3.19. The summed E-state index contributed by atoms with van der Waals surface area (Å²) in [5, 5.41) is 6.20. The van der Waals surface area contributed by atoms with Crippen LogP contribution in [-0.4, -0.2) is 51.6 Å². The van der Waals surface area contributed by atoms with Crippen LogP contribution in [0.5, 0.6) is 5.75 Å². The number of carbonyl (C=O) groups is 1. The molecule has 0 fully saturated rings. The predicted molar refractivity (Wildman–Crippen MR) is 85.5 cm³/mol. The number of hydrogen-bond donors (Lipinski definition) is 2. The van der Waals surface area contributed by atoms with Crippen molar-refractivity contribution in [2.45, 2.75) is 19.4 Å². The van der Waals surface area contributed by atoms with E-state index in [0.29, 0.717) is 13.0 Å². The lowest BCUT2D eigenvalue weighted by Gasteiger charge is -2.10. The third-order valence-electron chi connectivity index (χ3n) is 3.12. The second kappa shape index (κ2) is 10.2. The minimum Gasteiger partial charge on any atom is -0.497 e. The van der Waals surface area contributed by atoms with Gasteiger partial charge in [0.05, 0.1) is 7.11 Å². The Bertz CT molecular complexity index is 404. The SMILES string of the molecule is COc1ccc(CNCCC(=O)NCCCN(C)C)cc1. The Morgan fingerprint density at radius 2 is 1.90 bits per heavy atom. The second-order valence-electron chi connectivity index (χ2n) is 5.28. The van der Waals surface area contributed by atoms with Gasteiger partial charge in [0.25, 0.3) is 0 Å². The van der Waals surface area contributed by atoms with Gasteiger partial charge in [-0.05, 0) is 44.8 Å². The number of ether oxygens (including phenoxy) is 1. The molecule has 0 aliphatic rings. The minimum atomic E-state index is 0.107. The maximum absolute atomic E-state index is 11.6. The zero-order valence-corrected chi connectivity index (χ0v) is 13.3. The third-order valence-corrected chi connectivity index (χ3v) is 3.12. The molecule has 21 heavy (non-hydrogen) atoms. The van der Waals surface area contributed by atoms with Crippen molar-refractivity contribution < 1.29 is 9.53 Å². The number of hydrogen-bond acceptors (Lipinski definition) is 4. The lowest BCUT2D eigenvalue weighted by atomic mass is 10.2. The lowest BCUT2D eigenvalue weighted by molar-refractivity contribution is -0.121. The van der Waals surface area contributed by atoms with Crippen molar-refractivity contribution in [3.8, 4) is 5.75 Å². The Balaban J connectivity index is 2.06. The lowest BCUT2D eigenvalue weighted by Crippen LogP contribution is -2.29. The summed E-state index contributed by atoms with van der Waals surface area (Å²) >= 11 is 0. The predicted octanol–water partition coefficient (Wildman–Crippen LogP) is 1.24. The molecule has 0 atom stereocenters. The summed E-state index contributed by atoms with van der Waals surface area (Å²) in [5.41, 5.74) is 1.18. The van der Waals surface area contributed by atoms with Crippen LogP contribution in [0.3, 0.4) is 0 Å². The van der Waals surface area contributed by atoms with Gasteiger partial charge in [0, 0.05) is 26.1 Å². The van der Waals surface area contributed by atoms with Gasteiger partial charge in [-0.1, -0.05) is 12.1 Å². The van der Waals surface area contributed by atoms with Gasteiger partial charge in [-0.3, -0.25) is 4.79 Å². The van der Waals surface area contributed by atoms with Gasteiger partial charge in [0.15, 0.2) is 0 Å². The summed E-state index contributed by atoms with van der Waals surface area (Å²) < 4.78 is 5.11. The van der Waals surface area contributed by atoms with Crippen LogP contribution >= 0.6 is 0 Å². The average molecular weight is 293 g/mol. The molecular weight excluding hydrogens is 266 g/mol. The van der Waals surface area contributed by atoms with Gasteiger partial charge >= 0.3 is 0 Å². The number of rotatable bonds is 10. The first kappa shape index (κ1) is 17.5. The summed E-state index contributed by atoms with van der Waals surface area (Å²) in [7, 11) is 5.72. The van der Waals surface area contributed by atoms with Crippen LogP contribution in [0.4, 0.5) is 0 Å². The Morgan fingerprint density at radius 3 is 2.52 bits per heavy atom. The van der Waals surface area contributed by atoms with Crippen molar-refractivity contribution >= 4 is 5.91 Å². The first-order valence-electron chi connectivity index (χ1n) is 7.37. The topological polar surface area (TPSA) is 53.6 Å². The highest BCUT2D eigenvalue weighted by molar-refractivity contribution is 5.75. The van der Waals surface area contributed by atoms with Crippen LogP contribution in [0.1, 0.15) is 18.4 Å². The van der Waals surface area contributed by atoms with E-state index < -0.39 is 0 Å². The quantitative estimate of drug-likeness (QED) is 0.637. The molecule has 5 heteroatoms. The van der Waals surface area contributed by atoms with Crippen LogP contribution < -0.4 is 15.4 Å². The highest BCUT2D eigenvalue weighted by atomic mass is 16.5. The van der Waals surface area contributed by atoms with Crippen molar-refractivity contribution in [2.75, 3.05) is 40.8 Å². The highest BCUT2D eigenvalue weighted by Crippen LogP contribution is 2.10. The van der Waals surface area contributed by atoms with E-state index in [2.05, 4.69) is 15.5 Å². The summed E-state index contributed by atoms with van der Waals surface area (Å²) in [5.74, 6) is 0.965. The number of amides is 1. The Hall–Kier alpha value is -1.59. The zero-order chi connectivity index (χ0) is 15.5. The Labute approximate surface area is 127 Å². The van der Waals surface area contributed by atoms with Gasteiger partial charge in [-0.2, -0.15) is 0 Å². The van der Waals surface area contributed by atoms with Crippen LogP contribution in [0.2, 0.25) is 0 Å². The standard InChI is InChI=1S/C16H27N3O2/c1-19(2)12-4-10-18-16(20)9-11-17-13-14-5-7-15(21-3)8-6-14/h5-8,17H,4,9-13H2,1-3H3,(H,18,20). The fourth-order valence-corrected chi connectivity index (χ4v) is 1.89. The van der Waals surface area contributed by atoms with E-state index in [-0.39, 0.29) is 5.91 Å². The third kappa shape index (κ3) is 8.32. The van der Waals surface area contributed by atoms with Gasteiger partial charge < -0.3 is 20.3 Å². The van der Waals surface area contributed by atoms with Gasteiger partial charge in [-0.15, -0.1) is 0 Å². The fourth-order valence-electron chi connectivity index (χ4n) is 1.89. The molecule has 0 aliphatic carbocycles. The van der Waals surface area contributed by atoms with Crippen LogP contribution in [0.15, 0.2) is 24.3 Å². The molecular formula is C16H27N3O2. The monoisotopic (exact) mass is 293 g/mol. The summed E-state index contributed by atoms with van der Waals surface area (Å²) in [4.78, 5) is 13.7. The molecule has 0 aliphatic heterocycles. The molecule has 0 saturated heterocycles.